The average molecular weight is 449 g/mol. The number of likely N-dealkylation sites (tertiary alicyclic amines) is 1. The Balaban J connectivity index is 1.45. The van der Waals surface area contributed by atoms with Crippen LogP contribution in [0.15, 0.2) is 36.4 Å². The standard InChI is InChI=1S/C24H31F3N4O/c1-23(2,3)19-14-20(24(25,26)27)31-21(28-19)13-18(29-31)17-11-12-30(15-17)22(32)10-9-16-7-5-4-6-8-16/h4-8,13,17,19-20,28H,9-12,14-15H2,1-3H3/t17-,19+,20-/m1/s1. The van der Waals surface area contributed by atoms with Crippen molar-refractivity contribution >= 4 is 11.7 Å². The van der Waals surface area contributed by atoms with E-state index in [1.165, 1.54) is 0 Å². The largest absolute Gasteiger partial charge is 0.410 e. The summed E-state index contributed by atoms with van der Waals surface area (Å²) >= 11 is 0. The molecule has 1 saturated heterocycles. The Labute approximate surface area is 187 Å². The van der Waals surface area contributed by atoms with Gasteiger partial charge >= 0.3 is 6.18 Å². The third kappa shape index (κ3) is 4.79. The van der Waals surface area contributed by atoms with Gasteiger partial charge in [-0.15, -0.1) is 0 Å². The highest BCUT2D eigenvalue weighted by Gasteiger charge is 2.48. The molecule has 0 spiro atoms. The SMILES string of the molecule is CC(C)(C)[C@@H]1C[C@H](C(F)(F)F)n2nc([C@@H]3CCN(C(=O)CCc4ccccc4)C3)cc2N1. The summed E-state index contributed by atoms with van der Waals surface area (Å²) in [5, 5.41) is 7.66. The first kappa shape index (κ1) is 22.7. The number of carbonyl (C=O) groups is 1. The quantitative estimate of drug-likeness (QED) is 0.703. The minimum Gasteiger partial charge on any atom is -0.367 e. The van der Waals surface area contributed by atoms with Gasteiger partial charge in [0.2, 0.25) is 5.91 Å². The lowest BCUT2D eigenvalue weighted by atomic mass is 9.82. The Hall–Kier alpha value is -2.51. The van der Waals surface area contributed by atoms with Crippen molar-refractivity contribution in [2.24, 2.45) is 5.41 Å². The van der Waals surface area contributed by atoms with Gasteiger partial charge in [-0.05, 0) is 30.2 Å². The van der Waals surface area contributed by atoms with Gasteiger partial charge in [-0.2, -0.15) is 18.3 Å². The molecule has 1 amide bonds. The number of aryl methyl sites for hydroxylation is 1. The van der Waals surface area contributed by atoms with E-state index >= 15 is 0 Å². The van der Waals surface area contributed by atoms with Gasteiger partial charge in [-0.25, -0.2) is 4.68 Å². The normalized spacial score (nSPS) is 23.7. The molecule has 0 bridgehead atoms. The highest BCUT2D eigenvalue weighted by Crippen LogP contribution is 2.44. The molecular formula is C24H31F3N4O. The number of alkyl halides is 3. The number of hydrogen-bond acceptors (Lipinski definition) is 3. The Morgan fingerprint density at radius 3 is 2.56 bits per heavy atom. The molecule has 2 aliphatic rings. The van der Waals surface area contributed by atoms with Gasteiger partial charge in [0.1, 0.15) is 5.82 Å². The van der Waals surface area contributed by atoms with Crippen molar-refractivity contribution in [1.82, 2.24) is 14.7 Å². The summed E-state index contributed by atoms with van der Waals surface area (Å²) in [7, 11) is 0. The van der Waals surface area contributed by atoms with E-state index in [1.54, 1.807) is 6.07 Å². The molecule has 1 N–H and O–H groups in total. The number of amides is 1. The van der Waals surface area contributed by atoms with Crippen LogP contribution in [0.1, 0.15) is 63.3 Å². The molecule has 4 rings (SSSR count). The fourth-order valence-electron chi connectivity index (χ4n) is 4.64. The van der Waals surface area contributed by atoms with Crippen LogP contribution in [-0.4, -0.2) is 45.9 Å². The summed E-state index contributed by atoms with van der Waals surface area (Å²) in [6.07, 6.45) is -2.58. The molecule has 1 aromatic carbocycles. The molecule has 0 unspecified atom stereocenters. The van der Waals surface area contributed by atoms with E-state index in [2.05, 4.69) is 10.4 Å². The van der Waals surface area contributed by atoms with Crippen molar-refractivity contribution in [3.63, 3.8) is 0 Å². The van der Waals surface area contributed by atoms with Crippen LogP contribution >= 0.6 is 0 Å². The van der Waals surface area contributed by atoms with Gasteiger partial charge in [-0.3, -0.25) is 4.79 Å². The molecule has 2 aliphatic heterocycles. The third-order valence-corrected chi connectivity index (χ3v) is 6.68. The summed E-state index contributed by atoms with van der Waals surface area (Å²) < 4.78 is 42.6. The first-order valence-corrected chi connectivity index (χ1v) is 11.3. The number of aromatic nitrogens is 2. The topological polar surface area (TPSA) is 50.2 Å². The molecule has 1 aromatic heterocycles. The third-order valence-electron chi connectivity index (χ3n) is 6.68. The van der Waals surface area contributed by atoms with Crippen molar-refractivity contribution in [2.45, 2.75) is 70.6 Å². The van der Waals surface area contributed by atoms with E-state index in [0.717, 1.165) is 10.2 Å². The second-order valence-corrected chi connectivity index (χ2v) is 10.1. The van der Waals surface area contributed by atoms with Gasteiger partial charge in [0.25, 0.3) is 0 Å². The summed E-state index contributed by atoms with van der Waals surface area (Å²) in [6.45, 7) is 6.95. The van der Waals surface area contributed by atoms with Crippen LogP contribution in [0.3, 0.4) is 0 Å². The Morgan fingerprint density at radius 1 is 1.19 bits per heavy atom. The van der Waals surface area contributed by atoms with E-state index in [1.807, 2.05) is 56.0 Å². The van der Waals surface area contributed by atoms with Crippen molar-refractivity contribution in [3.05, 3.63) is 47.7 Å². The number of hydrogen-bond donors (Lipinski definition) is 1. The fourth-order valence-corrected chi connectivity index (χ4v) is 4.64. The molecular weight excluding hydrogens is 417 g/mol. The number of carbonyl (C=O) groups excluding carboxylic acids is 1. The van der Waals surface area contributed by atoms with Crippen LogP contribution in [0.2, 0.25) is 0 Å². The molecule has 5 nitrogen and oxygen atoms in total. The number of rotatable bonds is 4. The maximum atomic E-state index is 13.8. The number of nitrogens with zero attached hydrogens (tertiary/aromatic N) is 3. The number of fused-ring (bicyclic) bond motifs is 1. The first-order chi connectivity index (χ1) is 15.0. The van der Waals surface area contributed by atoms with Crippen LogP contribution in [-0.2, 0) is 11.2 Å². The van der Waals surface area contributed by atoms with E-state index in [-0.39, 0.29) is 29.7 Å². The van der Waals surface area contributed by atoms with Gasteiger partial charge in [0.05, 0.1) is 5.69 Å². The second kappa shape index (κ2) is 8.45. The van der Waals surface area contributed by atoms with Gasteiger partial charge in [0.15, 0.2) is 6.04 Å². The molecule has 32 heavy (non-hydrogen) atoms. The van der Waals surface area contributed by atoms with Gasteiger partial charge in [0, 0.05) is 37.5 Å². The zero-order valence-electron chi connectivity index (χ0n) is 18.8. The molecule has 1 fully saturated rings. The minimum atomic E-state index is -4.36. The predicted molar refractivity (Wildman–Crippen MR) is 118 cm³/mol. The van der Waals surface area contributed by atoms with E-state index < -0.39 is 12.2 Å². The lowest BCUT2D eigenvalue weighted by Crippen LogP contribution is -2.44. The Kier molecular flexibility index (Phi) is 5.98. The highest BCUT2D eigenvalue weighted by atomic mass is 19.4. The van der Waals surface area contributed by atoms with Crippen molar-refractivity contribution in [2.75, 3.05) is 18.4 Å². The first-order valence-electron chi connectivity index (χ1n) is 11.3. The van der Waals surface area contributed by atoms with E-state index in [4.69, 9.17) is 0 Å². The summed E-state index contributed by atoms with van der Waals surface area (Å²) in [6, 6.07) is 9.68. The van der Waals surface area contributed by atoms with Crippen LogP contribution in [0.25, 0.3) is 0 Å². The molecule has 0 radical (unpaired) electrons. The smallest absolute Gasteiger partial charge is 0.367 e. The van der Waals surface area contributed by atoms with Crippen LogP contribution in [0.4, 0.5) is 19.0 Å². The minimum absolute atomic E-state index is 0.0439. The van der Waals surface area contributed by atoms with Crippen molar-refractivity contribution in [3.8, 4) is 0 Å². The molecule has 8 heteroatoms. The molecule has 0 aliphatic carbocycles. The summed E-state index contributed by atoms with van der Waals surface area (Å²) in [5.41, 5.74) is 1.44. The zero-order valence-corrected chi connectivity index (χ0v) is 18.8. The van der Waals surface area contributed by atoms with Gasteiger partial charge < -0.3 is 10.2 Å². The lowest BCUT2D eigenvalue weighted by molar-refractivity contribution is -0.175. The maximum absolute atomic E-state index is 13.8. The van der Waals surface area contributed by atoms with Crippen LogP contribution < -0.4 is 5.32 Å². The highest BCUT2D eigenvalue weighted by molar-refractivity contribution is 5.76. The summed E-state index contributed by atoms with van der Waals surface area (Å²) in [5.74, 6) is 0.458. The van der Waals surface area contributed by atoms with Crippen LogP contribution in [0, 0.1) is 5.41 Å². The van der Waals surface area contributed by atoms with Crippen molar-refractivity contribution in [1.29, 1.82) is 0 Å². The molecule has 3 atom stereocenters. The molecule has 3 heterocycles. The van der Waals surface area contributed by atoms with E-state index in [0.29, 0.717) is 43.9 Å². The second-order valence-electron chi connectivity index (χ2n) is 10.1. The Morgan fingerprint density at radius 2 is 1.91 bits per heavy atom. The number of benzene rings is 1. The lowest BCUT2D eigenvalue weighted by Gasteiger charge is -2.39. The molecule has 0 saturated carbocycles. The Bertz CT molecular complexity index is 948. The monoisotopic (exact) mass is 448 g/mol. The van der Waals surface area contributed by atoms with E-state index in [9.17, 15) is 18.0 Å². The molecule has 2 aromatic rings. The number of nitrogens with one attached hydrogen (secondary N) is 1. The predicted octanol–water partition coefficient (Wildman–Crippen LogP) is 5.17. The zero-order chi connectivity index (χ0) is 23.1. The number of halogens is 3. The average Bonchev–Trinajstić information content (AvgIpc) is 3.37. The maximum Gasteiger partial charge on any atom is 0.410 e. The molecule has 174 valence electrons. The fraction of sp³-hybridized carbons (Fsp3) is 0.583. The van der Waals surface area contributed by atoms with Gasteiger partial charge in [-0.1, -0.05) is 51.1 Å². The van der Waals surface area contributed by atoms with Crippen LogP contribution in [0.5, 0.6) is 0 Å². The summed E-state index contributed by atoms with van der Waals surface area (Å²) in [4.78, 5) is 14.5. The number of anilines is 1. The van der Waals surface area contributed by atoms with Crippen molar-refractivity contribution < 1.29 is 18.0 Å².